The Morgan fingerprint density at radius 1 is 1.27 bits per heavy atom. The molecule has 1 aromatic heterocycles. The molecule has 1 fully saturated rings. The zero-order chi connectivity index (χ0) is 24.2. The lowest BCUT2D eigenvalue weighted by molar-refractivity contribution is -0.139. The highest BCUT2D eigenvalue weighted by atomic mass is 19.4. The van der Waals surface area contributed by atoms with Gasteiger partial charge < -0.3 is 20.5 Å². The van der Waals surface area contributed by atoms with Gasteiger partial charge in [0.15, 0.2) is 0 Å². The number of nitrogens with zero attached hydrogens (tertiary/aromatic N) is 1. The van der Waals surface area contributed by atoms with Crippen molar-refractivity contribution in [2.24, 2.45) is 11.7 Å². The standard InChI is InChI=1S/C24H30F3N3O3/c1-15(2)13-23(3,28)14-33-19-7-6-16(11-18(19)24(25,26)27)17-8-9-29-21(12-17)30-22(31)20-5-4-10-32-20/h6-9,11-12,15,20H,4-5,10,13-14,28H2,1-3H3,(H,29,30,31). The number of hydrogen-bond donors (Lipinski definition) is 2. The predicted octanol–water partition coefficient (Wildman–Crippen LogP) is 5.03. The molecule has 1 aliphatic rings. The van der Waals surface area contributed by atoms with E-state index < -0.39 is 23.4 Å². The van der Waals surface area contributed by atoms with Gasteiger partial charge in [-0.25, -0.2) is 4.98 Å². The van der Waals surface area contributed by atoms with Gasteiger partial charge >= 0.3 is 6.18 Å². The molecule has 2 unspecified atom stereocenters. The Labute approximate surface area is 191 Å². The van der Waals surface area contributed by atoms with E-state index in [1.54, 1.807) is 19.1 Å². The van der Waals surface area contributed by atoms with Crippen LogP contribution in [0.1, 0.15) is 45.6 Å². The lowest BCUT2D eigenvalue weighted by atomic mass is 9.93. The van der Waals surface area contributed by atoms with Crippen LogP contribution in [0, 0.1) is 5.92 Å². The van der Waals surface area contributed by atoms with Crippen LogP contribution in [0.4, 0.5) is 19.0 Å². The third-order valence-corrected chi connectivity index (χ3v) is 5.28. The van der Waals surface area contributed by atoms with Crippen molar-refractivity contribution in [3.05, 3.63) is 42.1 Å². The van der Waals surface area contributed by atoms with Crippen LogP contribution >= 0.6 is 0 Å². The van der Waals surface area contributed by atoms with Gasteiger partial charge in [0.05, 0.1) is 5.56 Å². The van der Waals surface area contributed by atoms with Crippen molar-refractivity contribution in [3.8, 4) is 16.9 Å². The van der Waals surface area contributed by atoms with E-state index in [1.807, 2.05) is 13.8 Å². The first-order valence-electron chi connectivity index (χ1n) is 11.0. The second-order valence-corrected chi connectivity index (χ2v) is 9.17. The predicted molar refractivity (Wildman–Crippen MR) is 120 cm³/mol. The van der Waals surface area contributed by atoms with Gasteiger partial charge in [0, 0.05) is 18.3 Å². The van der Waals surface area contributed by atoms with Gasteiger partial charge in [-0.2, -0.15) is 13.2 Å². The fourth-order valence-corrected chi connectivity index (χ4v) is 3.96. The number of anilines is 1. The molecule has 6 nitrogen and oxygen atoms in total. The van der Waals surface area contributed by atoms with E-state index in [-0.39, 0.29) is 30.0 Å². The SMILES string of the molecule is CC(C)CC(C)(N)COc1ccc(-c2ccnc(NC(=O)C3CCCO3)c2)cc1C(F)(F)F. The number of nitrogens with one attached hydrogen (secondary N) is 1. The number of nitrogens with two attached hydrogens (primary N) is 1. The van der Waals surface area contributed by atoms with Gasteiger partial charge in [0.2, 0.25) is 0 Å². The maximum absolute atomic E-state index is 13.8. The lowest BCUT2D eigenvalue weighted by Gasteiger charge is -2.27. The van der Waals surface area contributed by atoms with Crippen molar-refractivity contribution in [2.45, 2.75) is 57.9 Å². The number of benzene rings is 1. The van der Waals surface area contributed by atoms with Crippen LogP contribution in [0.5, 0.6) is 5.75 Å². The minimum atomic E-state index is -4.61. The molecule has 2 atom stereocenters. The third kappa shape index (κ3) is 6.91. The van der Waals surface area contributed by atoms with Crippen LogP contribution in [-0.4, -0.2) is 35.7 Å². The molecule has 0 saturated carbocycles. The molecule has 2 heterocycles. The maximum Gasteiger partial charge on any atom is 0.419 e. The Morgan fingerprint density at radius 3 is 2.64 bits per heavy atom. The molecule has 0 bridgehead atoms. The first-order chi connectivity index (χ1) is 15.4. The number of alkyl halides is 3. The van der Waals surface area contributed by atoms with Crippen LogP contribution in [0.3, 0.4) is 0 Å². The number of ether oxygens (including phenoxy) is 2. The van der Waals surface area contributed by atoms with Gasteiger partial charge in [-0.3, -0.25) is 4.79 Å². The molecule has 3 N–H and O–H groups in total. The number of pyridine rings is 1. The van der Waals surface area contributed by atoms with Crippen molar-refractivity contribution in [3.63, 3.8) is 0 Å². The normalized spacial score (nSPS) is 18.2. The van der Waals surface area contributed by atoms with Gasteiger partial charge in [0.25, 0.3) is 5.91 Å². The van der Waals surface area contributed by atoms with Crippen molar-refractivity contribution < 1.29 is 27.4 Å². The van der Waals surface area contributed by atoms with Crippen LogP contribution in [0.15, 0.2) is 36.5 Å². The number of halogens is 3. The highest BCUT2D eigenvalue weighted by Crippen LogP contribution is 2.39. The van der Waals surface area contributed by atoms with Crippen LogP contribution in [0.2, 0.25) is 0 Å². The van der Waals surface area contributed by atoms with Crippen LogP contribution in [0.25, 0.3) is 11.1 Å². The molecule has 0 radical (unpaired) electrons. The molecule has 2 aromatic rings. The molecule has 1 amide bonds. The Balaban J connectivity index is 1.82. The fraction of sp³-hybridized carbons (Fsp3) is 0.500. The fourth-order valence-electron chi connectivity index (χ4n) is 3.96. The molecule has 3 rings (SSSR count). The second-order valence-electron chi connectivity index (χ2n) is 9.17. The van der Waals surface area contributed by atoms with Gasteiger partial charge in [0.1, 0.15) is 24.3 Å². The topological polar surface area (TPSA) is 86.5 Å². The molecule has 1 aliphatic heterocycles. The number of rotatable bonds is 8. The number of carbonyl (C=O) groups excluding carboxylic acids is 1. The summed E-state index contributed by atoms with van der Waals surface area (Å²) in [5.74, 6) is -0.0557. The van der Waals surface area contributed by atoms with Crippen LogP contribution < -0.4 is 15.8 Å². The van der Waals surface area contributed by atoms with Gasteiger partial charge in [-0.05, 0) is 67.5 Å². The Bertz CT molecular complexity index is 971. The minimum Gasteiger partial charge on any atom is -0.491 e. The summed E-state index contributed by atoms with van der Waals surface area (Å²) in [5.41, 5.74) is 5.35. The highest BCUT2D eigenvalue weighted by molar-refractivity contribution is 5.94. The van der Waals surface area contributed by atoms with Crippen molar-refractivity contribution in [1.82, 2.24) is 4.98 Å². The molecule has 180 valence electrons. The van der Waals surface area contributed by atoms with E-state index in [1.165, 1.54) is 18.3 Å². The maximum atomic E-state index is 13.8. The molecule has 9 heteroatoms. The van der Waals surface area contributed by atoms with Crippen LogP contribution in [-0.2, 0) is 15.7 Å². The van der Waals surface area contributed by atoms with E-state index in [2.05, 4.69) is 10.3 Å². The molecule has 0 spiro atoms. The Morgan fingerprint density at radius 2 is 2.00 bits per heavy atom. The van der Waals surface area contributed by atoms with Crippen molar-refractivity contribution >= 4 is 11.7 Å². The van der Waals surface area contributed by atoms with Gasteiger partial charge in [-0.1, -0.05) is 19.9 Å². The van der Waals surface area contributed by atoms with E-state index in [9.17, 15) is 18.0 Å². The molecule has 33 heavy (non-hydrogen) atoms. The largest absolute Gasteiger partial charge is 0.491 e. The molecule has 0 aliphatic carbocycles. The Kier molecular flexibility index (Phi) is 7.64. The average molecular weight is 466 g/mol. The number of carbonyl (C=O) groups is 1. The first-order valence-corrected chi connectivity index (χ1v) is 11.0. The van der Waals surface area contributed by atoms with Crippen molar-refractivity contribution in [2.75, 3.05) is 18.5 Å². The molecular formula is C24H30F3N3O3. The third-order valence-electron chi connectivity index (χ3n) is 5.28. The smallest absolute Gasteiger partial charge is 0.419 e. The molecular weight excluding hydrogens is 435 g/mol. The summed E-state index contributed by atoms with van der Waals surface area (Å²) in [5, 5.41) is 2.67. The molecule has 1 saturated heterocycles. The summed E-state index contributed by atoms with van der Waals surface area (Å²) in [4.78, 5) is 16.4. The summed E-state index contributed by atoms with van der Waals surface area (Å²) in [7, 11) is 0. The van der Waals surface area contributed by atoms with Gasteiger partial charge in [-0.15, -0.1) is 0 Å². The second kappa shape index (κ2) is 10.1. The summed E-state index contributed by atoms with van der Waals surface area (Å²) in [6.07, 6.45) is -1.67. The van der Waals surface area contributed by atoms with E-state index >= 15 is 0 Å². The summed E-state index contributed by atoms with van der Waals surface area (Å²) in [6.45, 7) is 6.24. The van der Waals surface area contributed by atoms with E-state index in [0.29, 0.717) is 30.6 Å². The van der Waals surface area contributed by atoms with Crippen molar-refractivity contribution in [1.29, 1.82) is 0 Å². The first kappa shape index (κ1) is 25.0. The summed E-state index contributed by atoms with van der Waals surface area (Å²) >= 11 is 0. The zero-order valence-electron chi connectivity index (χ0n) is 19.0. The summed E-state index contributed by atoms with van der Waals surface area (Å²) in [6, 6.07) is 6.99. The highest BCUT2D eigenvalue weighted by Gasteiger charge is 2.35. The Hall–Kier alpha value is -2.65. The molecule has 1 aromatic carbocycles. The number of aromatic nitrogens is 1. The average Bonchev–Trinajstić information content (AvgIpc) is 3.26. The monoisotopic (exact) mass is 465 g/mol. The number of amides is 1. The number of hydrogen-bond acceptors (Lipinski definition) is 5. The quantitative estimate of drug-likeness (QED) is 0.571. The summed E-state index contributed by atoms with van der Waals surface area (Å²) < 4.78 is 52.3. The van der Waals surface area contributed by atoms with E-state index in [0.717, 1.165) is 12.5 Å². The minimum absolute atomic E-state index is 0.0394. The zero-order valence-corrected chi connectivity index (χ0v) is 19.0. The van der Waals surface area contributed by atoms with E-state index in [4.69, 9.17) is 15.2 Å². The lowest BCUT2D eigenvalue weighted by Crippen LogP contribution is -2.43.